The SMILES string of the molecule is CCC1(C(=O)Nc2c(Br)cc(Br)cc2C(=O)O)CCNC1. The molecular formula is C14H16Br2N2O3. The summed E-state index contributed by atoms with van der Waals surface area (Å²) in [5.74, 6) is -1.22. The van der Waals surface area contributed by atoms with E-state index in [1.54, 1.807) is 6.07 Å². The molecule has 0 saturated carbocycles. The van der Waals surface area contributed by atoms with Crippen molar-refractivity contribution in [2.45, 2.75) is 19.8 Å². The molecular weight excluding hydrogens is 404 g/mol. The van der Waals surface area contributed by atoms with Crippen LogP contribution in [0.15, 0.2) is 21.1 Å². The summed E-state index contributed by atoms with van der Waals surface area (Å²) in [6, 6.07) is 3.20. The largest absolute Gasteiger partial charge is 0.478 e. The van der Waals surface area contributed by atoms with Gasteiger partial charge < -0.3 is 15.7 Å². The molecule has 0 radical (unpaired) electrons. The summed E-state index contributed by atoms with van der Waals surface area (Å²) < 4.78 is 1.18. The summed E-state index contributed by atoms with van der Waals surface area (Å²) in [6.45, 7) is 3.39. The molecule has 21 heavy (non-hydrogen) atoms. The highest BCUT2D eigenvalue weighted by Crippen LogP contribution is 2.35. The number of carbonyl (C=O) groups is 2. The molecule has 1 aliphatic heterocycles. The number of carboxylic acids is 1. The van der Waals surface area contributed by atoms with Crippen LogP contribution in [0, 0.1) is 5.41 Å². The normalized spacial score (nSPS) is 21.3. The van der Waals surface area contributed by atoms with Gasteiger partial charge in [0.2, 0.25) is 5.91 Å². The molecule has 1 unspecified atom stereocenters. The minimum atomic E-state index is -1.08. The van der Waals surface area contributed by atoms with Gasteiger partial charge in [0.05, 0.1) is 16.7 Å². The fraction of sp³-hybridized carbons (Fsp3) is 0.429. The number of hydrogen-bond donors (Lipinski definition) is 3. The lowest BCUT2D eigenvalue weighted by atomic mass is 9.83. The molecule has 0 bridgehead atoms. The highest BCUT2D eigenvalue weighted by atomic mass is 79.9. The maximum Gasteiger partial charge on any atom is 0.337 e. The van der Waals surface area contributed by atoms with Crippen LogP contribution in [-0.4, -0.2) is 30.1 Å². The zero-order valence-electron chi connectivity index (χ0n) is 11.5. The molecule has 1 aromatic carbocycles. The molecule has 1 aromatic rings. The van der Waals surface area contributed by atoms with Gasteiger partial charge in [-0.2, -0.15) is 0 Å². The molecule has 1 fully saturated rings. The molecule has 114 valence electrons. The highest BCUT2D eigenvalue weighted by Gasteiger charge is 2.40. The fourth-order valence-corrected chi connectivity index (χ4v) is 3.84. The van der Waals surface area contributed by atoms with Gasteiger partial charge in [-0.1, -0.05) is 22.9 Å². The molecule has 2 rings (SSSR count). The number of nitrogens with one attached hydrogen (secondary N) is 2. The summed E-state index contributed by atoms with van der Waals surface area (Å²) in [5.41, 5.74) is -0.111. The van der Waals surface area contributed by atoms with Gasteiger partial charge >= 0.3 is 5.97 Å². The first-order chi connectivity index (χ1) is 9.89. The van der Waals surface area contributed by atoms with Crippen molar-refractivity contribution >= 4 is 49.4 Å². The minimum Gasteiger partial charge on any atom is -0.478 e. The quantitative estimate of drug-likeness (QED) is 0.699. The number of rotatable bonds is 4. The first kappa shape index (κ1) is 16.5. The van der Waals surface area contributed by atoms with Crippen LogP contribution >= 0.6 is 31.9 Å². The first-order valence-corrected chi connectivity index (χ1v) is 8.23. The molecule has 1 aliphatic rings. The third-order valence-corrected chi connectivity index (χ3v) is 5.01. The predicted molar refractivity (Wildman–Crippen MR) is 87.6 cm³/mol. The maximum atomic E-state index is 12.6. The molecule has 0 aliphatic carbocycles. The van der Waals surface area contributed by atoms with E-state index >= 15 is 0 Å². The molecule has 1 saturated heterocycles. The second kappa shape index (κ2) is 6.46. The molecule has 5 nitrogen and oxygen atoms in total. The van der Waals surface area contributed by atoms with Gasteiger partial charge in [-0.05, 0) is 47.4 Å². The van der Waals surface area contributed by atoms with Gasteiger partial charge in [0, 0.05) is 15.5 Å². The van der Waals surface area contributed by atoms with Crippen LogP contribution in [0.5, 0.6) is 0 Å². The summed E-state index contributed by atoms with van der Waals surface area (Å²) in [4.78, 5) is 24.0. The Morgan fingerprint density at radius 3 is 2.67 bits per heavy atom. The molecule has 1 atom stereocenters. The Morgan fingerprint density at radius 1 is 1.43 bits per heavy atom. The summed E-state index contributed by atoms with van der Waals surface area (Å²) in [6.07, 6.45) is 1.47. The van der Waals surface area contributed by atoms with Crippen molar-refractivity contribution in [2.75, 3.05) is 18.4 Å². The van der Waals surface area contributed by atoms with Crippen LogP contribution in [-0.2, 0) is 4.79 Å². The zero-order chi connectivity index (χ0) is 15.6. The topological polar surface area (TPSA) is 78.4 Å². The number of aromatic carboxylic acids is 1. The van der Waals surface area contributed by atoms with Crippen molar-refractivity contribution in [1.29, 1.82) is 0 Å². The van der Waals surface area contributed by atoms with E-state index < -0.39 is 11.4 Å². The average Bonchev–Trinajstić information content (AvgIpc) is 2.91. The smallest absolute Gasteiger partial charge is 0.337 e. The van der Waals surface area contributed by atoms with E-state index in [0.29, 0.717) is 27.6 Å². The summed E-state index contributed by atoms with van der Waals surface area (Å²) in [5, 5.41) is 15.3. The van der Waals surface area contributed by atoms with Gasteiger partial charge in [0.25, 0.3) is 0 Å². The second-order valence-corrected chi connectivity index (χ2v) is 6.90. The minimum absolute atomic E-state index is 0.0572. The van der Waals surface area contributed by atoms with Gasteiger partial charge in [-0.15, -0.1) is 0 Å². The van der Waals surface area contributed by atoms with Gasteiger partial charge in [-0.25, -0.2) is 4.79 Å². The maximum absolute atomic E-state index is 12.6. The van der Waals surface area contributed by atoms with E-state index in [1.807, 2.05) is 6.92 Å². The first-order valence-electron chi connectivity index (χ1n) is 6.64. The van der Waals surface area contributed by atoms with E-state index in [1.165, 1.54) is 6.07 Å². The Hall–Kier alpha value is -0.920. The lowest BCUT2D eigenvalue weighted by molar-refractivity contribution is -0.124. The van der Waals surface area contributed by atoms with E-state index in [-0.39, 0.29) is 11.5 Å². The van der Waals surface area contributed by atoms with E-state index in [2.05, 4.69) is 42.5 Å². The summed E-state index contributed by atoms with van der Waals surface area (Å²) >= 11 is 6.58. The number of anilines is 1. The van der Waals surface area contributed by atoms with Crippen molar-refractivity contribution < 1.29 is 14.7 Å². The molecule has 1 amide bonds. The van der Waals surface area contributed by atoms with Crippen LogP contribution in [0.3, 0.4) is 0 Å². The Kier molecular flexibility index (Phi) is 5.06. The van der Waals surface area contributed by atoms with Crippen molar-refractivity contribution in [3.05, 3.63) is 26.6 Å². The third kappa shape index (κ3) is 3.30. The Labute approximate surface area is 139 Å². The zero-order valence-corrected chi connectivity index (χ0v) is 14.7. The Bertz CT molecular complexity index is 584. The number of amides is 1. The van der Waals surface area contributed by atoms with Crippen molar-refractivity contribution in [2.24, 2.45) is 5.41 Å². The number of hydrogen-bond acceptors (Lipinski definition) is 3. The van der Waals surface area contributed by atoms with Crippen LogP contribution in [0.2, 0.25) is 0 Å². The van der Waals surface area contributed by atoms with E-state index in [0.717, 1.165) is 13.0 Å². The predicted octanol–water partition coefficient (Wildman–Crippen LogP) is 3.24. The Balaban J connectivity index is 2.35. The van der Waals surface area contributed by atoms with E-state index in [4.69, 9.17) is 0 Å². The highest BCUT2D eigenvalue weighted by molar-refractivity contribution is 9.11. The van der Waals surface area contributed by atoms with Crippen molar-refractivity contribution in [3.8, 4) is 0 Å². The van der Waals surface area contributed by atoms with Crippen LogP contribution in [0.25, 0.3) is 0 Å². The number of benzene rings is 1. The number of halogens is 2. The molecule has 0 aromatic heterocycles. The monoisotopic (exact) mass is 418 g/mol. The number of carboxylic acid groups (broad SMARTS) is 1. The molecule has 7 heteroatoms. The van der Waals surface area contributed by atoms with E-state index in [9.17, 15) is 14.7 Å². The molecule has 1 heterocycles. The van der Waals surface area contributed by atoms with Crippen LogP contribution in [0.4, 0.5) is 5.69 Å². The lowest BCUT2D eigenvalue weighted by Gasteiger charge is -2.26. The second-order valence-electron chi connectivity index (χ2n) is 5.13. The molecule has 0 spiro atoms. The standard InChI is InChI=1S/C14H16Br2N2O3/c1-2-14(3-4-17-7-14)13(21)18-11-9(12(19)20)5-8(15)6-10(11)16/h5-6,17H,2-4,7H2,1H3,(H,18,21)(H,19,20). The van der Waals surface area contributed by atoms with Crippen LogP contribution in [0.1, 0.15) is 30.1 Å². The molecule has 3 N–H and O–H groups in total. The lowest BCUT2D eigenvalue weighted by Crippen LogP contribution is -2.38. The van der Waals surface area contributed by atoms with Gasteiger partial charge in [0.15, 0.2) is 0 Å². The third-order valence-electron chi connectivity index (χ3n) is 3.93. The van der Waals surface area contributed by atoms with Crippen LogP contribution < -0.4 is 10.6 Å². The summed E-state index contributed by atoms with van der Waals surface area (Å²) in [7, 11) is 0. The van der Waals surface area contributed by atoms with Gasteiger partial charge in [-0.3, -0.25) is 4.79 Å². The fourth-order valence-electron chi connectivity index (χ4n) is 2.52. The van der Waals surface area contributed by atoms with Crippen molar-refractivity contribution in [1.82, 2.24) is 5.32 Å². The Morgan fingerprint density at radius 2 is 2.14 bits per heavy atom. The average molecular weight is 420 g/mol. The van der Waals surface area contributed by atoms with Crippen molar-refractivity contribution in [3.63, 3.8) is 0 Å². The number of carbonyl (C=O) groups excluding carboxylic acids is 1. The van der Waals surface area contributed by atoms with Gasteiger partial charge in [0.1, 0.15) is 0 Å².